The highest BCUT2D eigenvalue weighted by molar-refractivity contribution is 9.10. The normalized spacial score (nSPS) is 12.7. The van der Waals surface area contributed by atoms with Crippen molar-refractivity contribution in [2.24, 2.45) is 7.05 Å². The lowest BCUT2D eigenvalue weighted by molar-refractivity contribution is 0.175. The molecule has 1 heterocycles. The Bertz CT molecular complexity index is 563. The molecule has 0 bridgehead atoms. The molecule has 0 saturated carbocycles. The Kier molecular flexibility index (Phi) is 3.88. The molecule has 4 heteroatoms. The Morgan fingerprint density at radius 2 is 2.00 bits per heavy atom. The quantitative estimate of drug-likeness (QED) is 0.946. The maximum Gasteiger partial charge on any atom is 0.0848 e. The van der Waals surface area contributed by atoms with Crippen LogP contribution in [0.3, 0.4) is 0 Å². The molecule has 0 amide bonds. The summed E-state index contributed by atoms with van der Waals surface area (Å²) in [5.41, 5.74) is 4.05. The fourth-order valence-corrected chi connectivity index (χ4v) is 2.65. The third kappa shape index (κ3) is 2.49. The summed E-state index contributed by atoms with van der Waals surface area (Å²) < 4.78 is 2.80. The Morgan fingerprint density at radius 3 is 2.56 bits per heavy atom. The summed E-state index contributed by atoms with van der Waals surface area (Å²) in [6.07, 6.45) is 0.0558. The predicted molar refractivity (Wildman–Crippen MR) is 75.5 cm³/mol. The van der Waals surface area contributed by atoms with E-state index in [9.17, 15) is 5.11 Å². The Hall–Kier alpha value is -1.13. The standard InChI is InChI=1S/C14H17BrN2O/c1-9-6-4-5-7-11(9)13(18)8-12-14(15)10(2)16-17(12)3/h4-7,13,18H,8H2,1-3H3. The lowest BCUT2D eigenvalue weighted by Gasteiger charge is -2.14. The van der Waals surface area contributed by atoms with E-state index < -0.39 is 6.10 Å². The largest absolute Gasteiger partial charge is 0.388 e. The van der Waals surface area contributed by atoms with Crippen molar-refractivity contribution in [2.75, 3.05) is 0 Å². The zero-order valence-corrected chi connectivity index (χ0v) is 12.4. The minimum absolute atomic E-state index is 0.503. The number of hydrogen-bond donors (Lipinski definition) is 1. The van der Waals surface area contributed by atoms with E-state index in [4.69, 9.17) is 0 Å². The lowest BCUT2D eigenvalue weighted by atomic mass is 10.00. The van der Waals surface area contributed by atoms with Gasteiger partial charge in [-0.05, 0) is 40.9 Å². The summed E-state index contributed by atoms with van der Waals surface area (Å²) in [7, 11) is 1.90. The molecule has 1 aromatic heterocycles. The summed E-state index contributed by atoms with van der Waals surface area (Å²) in [4.78, 5) is 0. The number of hydrogen-bond acceptors (Lipinski definition) is 2. The second kappa shape index (κ2) is 5.24. The molecule has 0 aliphatic rings. The number of benzene rings is 1. The maximum atomic E-state index is 10.4. The second-order valence-electron chi connectivity index (χ2n) is 4.55. The van der Waals surface area contributed by atoms with Gasteiger partial charge in [-0.25, -0.2) is 0 Å². The van der Waals surface area contributed by atoms with Gasteiger partial charge in [0.05, 0.1) is 22.0 Å². The Morgan fingerprint density at radius 1 is 1.33 bits per heavy atom. The number of halogens is 1. The summed E-state index contributed by atoms with van der Waals surface area (Å²) in [5.74, 6) is 0. The SMILES string of the molecule is Cc1ccccc1C(O)Cc1c(Br)c(C)nn1C. The van der Waals surface area contributed by atoms with Crippen LogP contribution >= 0.6 is 15.9 Å². The molecule has 0 aliphatic carbocycles. The van der Waals surface area contributed by atoms with Crippen molar-refractivity contribution < 1.29 is 5.11 Å². The van der Waals surface area contributed by atoms with Gasteiger partial charge in [0.2, 0.25) is 0 Å². The van der Waals surface area contributed by atoms with Crippen LogP contribution in [0.4, 0.5) is 0 Å². The second-order valence-corrected chi connectivity index (χ2v) is 5.34. The van der Waals surface area contributed by atoms with E-state index in [1.165, 1.54) is 0 Å². The maximum absolute atomic E-state index is 10.4. The lowest BCUT2D eigenvalue weighted by Crippen LogP contribution is -2.08. The topological polar surface area (TPSA) is 38.1 Å². The minimum Gasteiger partial charge on any atom is -0.388 e. The van der Waals surface area contributed by atoms with Crippen LogP contribution in [0.1, 0.15) is 28.6 Å². The number of aryl methyl sites for hydroxylation is 3. The van der Waals surface area contributed by atoms with Crippen LogP contribution < -0.4 is 0 Å². The third-order valence-electron chi connectivity index (χ3n) is 3.20. The van der Waals surface area contributed by atoms with Crippen molar-refractivity contribution in [3.63, 3.8) is 0 Å². The monoisotopic (exact) mass is 308 g/mol. The van der Waals surface area contributed by atoms with Crippen LogP contribution in [-0.2, 0) is 13.5 Å². The van der Waals surface area contributed by atoms with Gasteiger partial charge >= 0.3 is 0 Å². The zero-order chi connectivity index (χ0) is 13.3. The van der Waals surface area contributed by atoms with E-state index in [0.717, 1.165) is 27.0 Å². The van der Waals surface area contributed by atoms with E-state index in [2.05, 4.69) is 21.0 Å². The molecule has 2 aromatic rings. The molecule has 1 N–H and O–H groups in total. The molecular weight excluding hydrogens is 292 g/mol. The Labute approximate surface area is 116 Å². The third-order valence-corrected chi connectivity index (χ3v) is 4.23. The highest BCUT2D eigenvalue weighted by Gasteiger charge is 2.17. The summed E-state index contributed by atoms with van der Waals surface area (Å²) in [6, 6.07) is 7.92. The number of aliphatic hydroxyl groups is 1. The van der Waals surface area contributed by atoms with Crippen molar-refractivity contribution >= 4 is 15.9 Å². The predicted octanol–water partition coefficient (Wildman–Crippen LogP) is 3.08. The van der Waals surface area contributed by atoms with Gasteiger partial charge in [0.15, 0.2) is 0 Å². The molecular formula is C14H17BrN2O. The molecule has 0 aliphatic heterocycles. The first-order valence-corrected chi connectivity index (χ1v) is 6.71. The fraction of sp³-hybridized carbons (Fsp3) is 0.357. The van der Waals surface area contributed by atoms with E-state index in [0.29, 0.717) is 6.42 Å². The molecule has 3 nitrogen and oxygen atoms in total. The first-order valence-electron chi connectivity index (χ1n) is 5.92. The molecule has 2 rings (SSSR count). The average Bonchev–Trinajstić information content (AvgIpc) is 2.56. The first kappa shape index (κ1) is 13.3. The molecule has 0 spiro atoms. The summed E-state index contributed by atoms with van der Waals surface area (Å²) in [6.45, 7) is 3.97. The molecule has 0 radical (unpaired) electrons. The molecule has 1 unspecified atom stereocenters. The summed E-state index contributed by atoms with van der Waals surface area (Å²) in [5, 5.41) is 14.7. The van der Waals surface area contributed by atoms with Gasteiger partial charge in [0.25, 0.3) is 0 Å². The van der Waals surface area contributed by atoms with E-state index >= 15 is 0 Å². The van der Waals surface area contributed by atoms with Gasteiger partial charge in [-0.15, -0.1) is 0 Å². The summed E-state index contributed by atoms with van der Waals surface area (Å²) >= 11 is 3.53. The van der Waals surface area contributed by atoms with Crippen LogP contribution in [0.15, 0.2) is 28.7 Å². The number of aromatic nitrogens is 2. The van der Waals surface area contributed by atoms with Gasteiger partial charge in [-0.2, -0.15) is 5.10 Å². The van der Waals surface area contributed by atoms with Gasteiger partial charge in [-0.1, -0.05) is 24.3 Å². The number of rotatable bonds is 3. The Balaban J connectivity index is 2.27. The molecule has 96 valence electrons. The highest BCUT2D eigenvalue weighted by atomic mass is 79.9. The van der Waals surface area contributed by atoms with Crippen LogP contribution in [0.25, 0.3) is 0 Å². The van der Waals surface area contributed by atoms with E-state index in [1.807, 2.05) is 49.8 Å². The number of aliphatic hydroxyl groups excluding tert-OH is 1. The fourth-order valence-electron chi connectivity index (χ4n) is 2.16. The van der Waals surface area contributed by atoms with Gasteiger partial charge < -0.3 is 5.11 Å². The average molecular weight is 309 g/mol. The highest BCUT2D eigenvalue weighted by Crippen LogP contribution is 2.27. The molecule has 1 atom stereocenters. The molecule has 0 fully saturated rings. The van der Waals surface area contributed by atoms with Crippen LogP contribution in [0, 0.1) is 13.8 Å². The van der Waals surface area contributed by atoms with Crippen molar-refractivity contribution in [3.05, 3.63) is 51.3 Å². The van der Waals surface area contributed by atoms with E-state index in [-0.39, 0.29) is 0 Å². The number of nitrogens with zero attached hydrogens (tertiary/aromatic N) is 2. The molecule has 1 aromatic carbocycles. The van der Waals surface area contributed by atoms with Crippen LogP contribution in [-0.4, -0.2) is 14.9 Å². The van der Waals surface area contributed by atoms with Crippen molar-refractivity contribution in [2.45, 2.75) is 26.4 Å². The van der Waals surface area contributed by atoms with Gasteiger partial charge in [-0.3, -0.25) is 4.68 Å². The zero-order valence-electron chi connectivity index (χ0n) is 10.8. The minimum atomic E-state index is -0.503. The van der Waals surface area contributed by atoms with Crippen molar-refractivity contribution in [3.8, 4) is 0 Å². The van der Waals surface area contributed by atoms with E-state index in [1.54, 1.807) is 0 Å². The van der Waals surface area contributed by atoms with Crippen LogP contribution in [0.2, 0.25) is 0 Å². The van der Waals surface area contributed by atoms with Crippen molar-refractivity contribution in [1.29, 1.82) is 0 Å². The van der Waals surface area contributed by atoms with Gasteiger partial charge in [0.1, 0.15) is 0 Å². The van der Waals surface area contributed by atoms with Crippen LogP contribution in [0.5, 0.6) is 0 Å². The first-order chi connectivity index (χ1) is 8.50. The molecule has 18 heavy (non-hydrogen) atoms. The van der Waals surface area contributed by atoms with Crippen molar-refractivity contribution in [1.82, 2.24) is 9.78 Å². The van der Waals surface area contributed by atoms with Gasteiger partial charge in [0, 0.05) is 13.5 Å². The smallest absolute Gasteiger partial charge is 0.0848 e. The molecule has 0 saturated heterocycles.